The normalized spacial score (nSPS) is 11.8. The van der Waals surface area contributed by atoms with Gasteiger partial charge in [-0.3, -0.25) is 0 Å². The number of hydrogen-bond donors (Lipinski definition) is 2. The zero-order valence-corrected chi connectivity index (χ0v) is 12.9. The molecule has 1 heterocycles. The SMILES string of the molecule is CC(C)COCCCNS(=O)(=O)c1ccc(C(=O)O)cn1. The minimum atomic E-state index is -3.72. The van der Waals surface area contributed by atoms with Crippen molar-refractivity contribution in [1.29, 1.82) is 0 Å². The number of aromatic nitrogens is 1. The summed E-state index contributed by atoms with van der Waals surface area (Å²) in [7, 11) is -3.72. The van der Waals surface area contributed by atoms with Crippen LogP contribution in [0.25, 0.3) is 0 Å². The Balaban J connectivity index is 2.44. The van der Waals surface area contributed by atoms with Gasteiger partial charge >= 0.3 is 5.97 Å². The summed E-state index contributed by atoms with van der Waals surface area (Å²) in [4.78, 5) is 14.3. The van der Waals surface area contributed by atoms with Crippen molar-refractivity contribution in [1.82, 2.24) is 9.71 Å². The van der Waals surface area contributed by atoms with Gasteiger partial charge in [0, 0.05) is 26.0 Å². The Hall–Kier alpha value is -1.51. The number of carboxylic acid groups (broad SMARTS) is 1. The van der Waals surface area contributed by atoms with E-state index in [2.05, 4.69) is 9.71 Å². The van der Waals surface area contributed by atoms with Gasteiger partial charge in [0.05, 0.1) is 5.56 Å². The first-order chi connectivity index (χ1) is 9.83. The molecule has 1 aromatic heterocycles. The highest BCUT2D eigenvalue weighted by Crippen LogP contribution is 2.06. The molecule has 0 aliphatic rings. The van der Waals surface area contributed by atoms with Gasteiger partial charge in [-0.25, -0.2) is 22.9 Å². The van der Waals surface area contributed by atoms with Gasteiger partial charge in [0.15, 0.2) is 5.03 Å². The molecule has 0 amide bonds. The third-order valence-corrected chi connectivity index (χ3v) is 3.84. The maximum absolute atomic E-state index is 11.9. The Morgan fingerprint density at radius 1 is 1.43 bits per heavy atom. The first-order valence-corrected chi connectivity index (χ1v) is 8.08. The predicted molar refractivity (Wildman–Crippen MR) is 76.7 cm³/mol. The summed E-state index contributed by atoms with van der Waals surface area (Å²) in [6, 6.07) is 2.37. The van der Waals surface area contributed by atoms with E-state index >= 15 is 0 Å². The van der Waals surface area contributed by atoms with Crippen LogP contribution in [-0.2, 0) is 14.8 Å². The Bertz CT molecular complexity index is 554. The topological polar surface area (TPSA) is 106 Å². The van der Waals surface area contributed by atoms with Gasteiger partial charge in [-0.05, 0) is 24.5 Å². The minimum absolute atomic E-state index is 0.0592. The van der Waals surface area contributed by atoms with Crippen LogP contribution in [0.5, 0.6) is 0 Å². The molecule has 0 aromatic carbocycles. The molecule has 0 unspecified atom stereocenters. The van der Waals surface area contributed by atoms with Crippen LogP contribution in [0.1, 0.15) is 30.6 Å². The van der Waals surface area contributed by atoms with E-state index in [9.17, 15) is 13.2 Å². The number of pyridine rings is 1. The van der Waals surface area contributed by atoms with Crippen molar-refractivity contribution in [3.63, 3.8) is 0 Å². The molecule has 0 spiro atoms. The van der Waals surface area contributed by atoms with Crippen molar-refractivity contribution in [3.05, 3.63) is 23.9 Å². The van der Waals surface area contributed by atoms with E-state index in [-0.39, 0.29) is 17.1 Å². The summed E-state index contributed by atoms with van der Waals surface area (Å²) in [6.07, 6.45) is 1.57. The fourth-order valence-corrected chi connectivity index (χ4v) is 2.44. The average molecular weight is 316 g/mol. The number of nitrogens with one attached hydrogen (secondary N) is 1. The monoisotopic (exact) mass is 316 g/mol. The summed E-state index contributed by atoms with van der Waals surface area (Å²) in [5.74, 6) is -0.708. The van der Waals surface area contributed by atoms with E-state index < -0.39 is 16.0 Å². The molecule has 0 saturated heterocycles. The molecule has 0 aliphatic carbocycles. The number of nitrogens with zero attached hydrogens (tertiary/aromatic N) is 1. The van der Waals surface area contributed by atoms with Crippen LogP contribution in [0.2, 0.25) is 0 Å². The Labute approximate surface area is 124 Å². The molecule has 0 saturated carbocycles. The summed E-state index contributed by atoms with van der Waals surface area (Å²) in [5, 5.41) is 8.52. The van der Waals surface area contributed by atoms with E-state index in [4.69, 9.17) is 9.84 Å². The molecule has 1 aromatic rings. The first-order valence-electron chi connectivity index (χ1n) is 6.59. The van der Waals surface area contributed by atoms with Gasteiger partial charge in [-0.15, -0.1) is 0 Å². The van der Waals surface area contributed by atoms with Crippen molar-refractivity contribution < 1.29 is 23.1 Å². The third-order valence-electron chi connectivity index (χ3n) is 2.47. The summed E-state index contributed by atoms with van der Waals surface area (Å²) < 4.78 is 31.5. The zero-order valence-electron chi connectivity index (χ0n) is 12.1. The summed E-state index contributed by atoms with van der Waals surface area (Å²) in [6.45, 7) is 5.43. The van der Waals surface area contributed by atoms with Gasteiger partial charge in [0.2, 0.25) is 0 Å². The highest BCUT2D eigenvalue weighted by molar-refractivity contribution is 7.89. The average Bonchev–Trinajstić information content (AvgIpc) is 2.42. The van der Waals surface area contributed by atoms with Crippen molar-refractivity contribution in [3.8, 4) is 0 Å². The van der Waals surface area contributed by atoms with Crippen LogP contribution in [0.3, 0.4) is 0 Å². The molecular weight excluding hydrogens is 296 g/mol. The summed E-state index contributed by atoms with van der Waals surface area (Å²) in [5.41, 5.74) is -0.0592. The van der Waals surface area contributed by atoms with Crippen LogP contribution >= 0.6 is 0 Å². The molecule has 21 heavy (non-hydrogen) atoms. The van der Waals surface area contributed by atoms with Crippen LogP contribution in [-0.4, -0.2) is 44.2 Å². The van der Waals surface area contributed by atoms with E-state index in [0.29, 0.717) is 25.6 Å². The second-order valence-corrected chi connectivity index (χ2v) is 6.62. The Morgan fingerprint density at radius 2 is 2.14 bits per heavy atom. The van der Waals surface area contributed by atoms with E-state index in [1.54, 1.807) is 0 Å². The lowest BCUT2D eigenvalue weighted by atomic mass is 10.2. The van der Waals surface area contributed by atoms with E-state index in [1.807, 2.05) is 13.8 Å². The number of hydrogen-bond acceptors (Lipinski definition) is 5. The lowest BCUT2D eigenvalue weighted by Gasteiger charge is -2.08. The van der Waals surface area contributed by atoms with Crippen LogP contribution in [0.15, 0.2) is 23.4 Å². The Morgan fingerprint density at radius 3 is 2.67 bits per heavy atom. The van der Waals surface area contributed by atoms with Crippen LogP contribution in [0.4, 0.5) is 0 Å². The number of ether oxygens (including phenoxy) is 1. The van der Waals surface area contributed by atoms with Gasteiger partial charge in [0.25, 0.3) is 10.0 Å². The molecule has 1 rings (SSSR count). The van der Waals surface area contributed by atoms with Crippen LogP contribution < -0.4 is 4.72 Å². The standard InChI is InChI=1S/C13H20N2O5S/c1-10(2)9-20-7-3-6-15-21(18,19)12-5-4-11(8-14-12)13(16)17/h4-5,8,10,15H,3,6-7,9H2,1-2H3,(H,16,17). The maximum atomic E-state index is 11.9. The second kappa shape index (κ2) is 8.06. The number of carbonyl (C=O) groups is 1. The van der Waals surface area contributed by atoms with Crippen molar-refractivity contribution in [2.45, 2.75) is 25.3 Å². The van der Waals surface area contributed by atoms with Crippen molar-refractivity contribution in [2.24, 2.45) is 5.92 Å². The van der Waals surface area contributed by atoms with Gasteiger partial charge in [-0.2, -0.15) is 0 Å². The largest absolute Gasteiger partial charge is 0.478 e. The van der Waals surface area contributed by atoms with Crippen molar-refractivity contribution >= 4 is 16.0 Å². The molecule has 0 radical (unpaired) electrons. The fourth-order valence-electron chi connectivity index (χ4n) is 1.44. The molecule has 118 valence electrons. The van der Waals surface area contributed by atoms with Crippen molar-refractivity contribution in [2.75, 3.05) is 19.8 Å². The minimum Gasteiger partial charge on any atom is -0.478 e. The van der Waals surface area contributed by atoms with E-state index in [0.717, 1.165) is 6.20 Å². The fraction of sp³-hybridized carbons (Fsp3) is 0.538. The van der Waals surface area contributed by atoms with Gasteiger partial charge in [0.1, 0.15) is 0 Å². The highest BCUT2D eigenvalue weighted by Gasteiger charge is 2.15. The number of sulfonamides is 1. The molecule has 0 fully saturated rings. The lowest BCUT2D eigenvalue weighted by Crippen LogP contribution is -2.26. The zero-order chi connectivity index (χ0) is 15.9. The molecule has 0 atom stereocenters. The number of rotatable bonds is 9. The summed E-state index contributed by atoms with van der Waals surface area (Å²) >= 11 is 0. The molecule has 7 nitrogen and oxygen atoms in total. The number of carboxylic acids is 1. The molecule has 8 heteroatoms. The first kappa shape index (κ1) is 17.5. The van der Waals surface area contributed by atoms with Crippen LogP contribution in [0, 0.1) is 5.92 Å². The number of aromatic carboxylic acids is 1. The highest BCUT2D eigenvalue weighted by atomic mass is 32.2. The molecule has 0 aliphatic heterocycles. The molecular formula is C13H20N2O5S. The predicted octanol–water partition coefficient (Wildman–Crippen LogP) is 1.12. The molecule has 2 N–H and O–H groups in total. The maximum Gasteiger partial charge on any atom is 0.337 e. The second-order valence-electron chi connectivity index (χ2n) is 4.91. The van der Waals surface area contributed by atoms with Gasteiger partial charge < -0.3 is 9.84 Å². The van der Waals surface area contributed by atoms with E-state index in [1.165, 1.54) is 12.1 Å². The lowest BCUT2D eigenvalue weighted by molar-refractivity contribution is 0.0696. The van der Waals surface area contributed by atoms with Gasteiger partial charge in [-0.1, -0.05) is 13.8 Å². The molecule has 0 bridgehead atoms. The Kier molecular flexibility index (Phi) is 6.73. The third kappa shape index (κ3) is 6.19. The quantitative estimate of drug-likeness (QED) is 0.661. The smallest absolute Gasteiger partial charge is 0.337 e.